The monoisotopic (exact) mass is 230 g/mol. The van der Waals surface area contributed by atoms with Gasteiger partial charge in [-0.2, -0.15) is 0 Å². The van der Waals surface area contributed by atoms with Crippen LogP contribution in [0.15, 0.2) is 18.2 Å². The second kappa shape index (κ2) is 3.49. The van der Waals surface area contributed by atoms with Crippen molar-refractivity contribution in [2.24, 2.45) is 0 Å². The second-order valence-electron chi connectivity index (χ2n) is 2.85. The first-order valence-corrected chi connectivity index (χ1v) is 5.66. The van der Waals surface area contributed by atoms with Gasteiger partial charge in [0, 0.05) is 9.72 Å². The van der Waals surface area contributed by atoms with Crippen LogP contribution in [-0.2, 0) is 6.42 Å². The third-order valence-electron chi connectivity index (χ3n) is 2.06. The van der Waals surface area contributed by atoms with Crippen molar-refractivity contribution in [3.05, 3.63) is 33.1 Å². The molecule has 0 fully saturated rings. The molecule has 0 bridgehead atoms. The average Bonchev–Trinajstić information content (AvgIpc) is 2.40. The van der Waals surface area contributed by atoms with Crippen molar-refractivity contribution in [2.45, 2.75) is 13.3 Å². The number of fused-ring (bicyclic) bond motifs is 1. The normalized spacial score (nSPS) is 11.0. The molecule has 0 unspecified atom stereocenters. The molecule has 1 aromatic carbocycles. The Morgan fingerprint density at radius 1 is 1.31 bits per heavy atom. The largest absolute Gasteiger partial charge is 0.123 e. The first-order valence-electron chi connectivity index (χ1n) is 4.08. The van der Waals surface area contributed by atoms with E-state index in [9.17, 15) is 0 Å². The lowest BCUT2D eigenvalue weighted by Crippen LogP contribution is -1.76. The van der Waals surface area contributed by atoms with E-state index in [1.54, 1.807) is 11.3 Å². The van der Waals surface area contributed by atoms with Gasteiger partial charge in [0.15, 0.2) is 0 Å². The number of thiophene rings is 1. The third-order valence-corrected chi connectivity index (χ3v) is 3.75. The van der Waals surface area contributed by atoms with Gasteiger partial charge in [0.25, 0.3) is 0 Å². The smallest absolute Gasteiger partial charge is 0.0972 e. The molecule has 0 aliphatic rings. The van der Waals surface area contributed by atoms with Gasteiger partial charge in [-0.3, -0.25) is 0 Å². The lowest BCUT2D eigenvalue weighted by Gasteiger charge is -1.95. The van der Waals surface area contributed by atoms with Gasteiger partial charge < -0.3 is 0 Å². The molecule has 0 radical (unpaired) electrons. The van der Waals surface area contributed by atoms with Gasteiger partial charge in [-0.15, -0.1) is 11.3 Å². The van der Waals surface area contributed by atoms with Gasteiger partial charge in [-0.1, -0.05) is 30.1 Å². The number of rotatable bonds is 1. The molecule has 0 spiro atoms. The molecule has 13 heavy (non-hydrogen) atoms. The summed E-state index contributed by atoms with van der Waals surface area (Å²) in [4.78, 5) is 0. The fourth-order valence-electron chi connectivity index (χ4n) is 1.42. The molecular formula is C10H8Cl2S. The Morgan fingerprint density at radius 2 is 2.08 bits per heavy atom. The molecule has 0 saturated heterocycles. The van der Waals surface area contributed by atoms with Crippen LogP contribution in [0, 0.1) is 0 Å². The first-order chi connectivity index (χ1) is 6.22. The molecule has 1 aromatic heterocycles. The maximum absolute atomic E-state index is 6.10. The highest BCUT2D eigenvalue weighted by atomic mass is 35.5. The summed E-state index contributed by atoms with van der Waals surface area (Å²) in [6.07, 6.45) is 0.958. The minimum Gasteiger partial charge on any atom is -0.123 e. The van der Waals surface area contributed by atoms with E-state index in [2.05, 4.69) is 6.92 Å². The van der Waals surface area contributed by atoms with Gasteiger partial charge in [-0.25, -0.2) is 0 Å². The predicted molar refractivity (Wildman–Crippen MR) is 61.2 cm³/mol. The highest BCUT2D eigenvalue weighted by Gasteiger charge is 2.08. The molecule has 2 aromatic rings. The second-order valence-corrected chi connectivity index (χ2v) is 4.94. The lowest BCUT2D eigenvalue weighted by molar-refractivity contribution is 1.17. The minimum atomic E-state index is 0.775. The van der Waals surface area contributed by atoms with Crippen LogP contribution in [0.25, 0.3) is 10.1 Å². The number of hydrogen-bond acceptors (Lipinski definition) is 1. The van der Waals surface area contributed by atoms with E-state index in [1.165, 1.54) is 15.6 Å². The van der Waals surface area contributed by atoms with Gasteiger partial charge in [0.05, 0.1) is 4.34 Å². The van der Waals surface area contributed by atoms with E-state index in [1.807, 2.05) is 18.2 Å². The fraction of sp³-hybridized carbons (Fsp3) is 0.200. The van der Waals surface area contributed by atoms with Crippen molar-refractivity contribution in [3.8, 4) is 0 Å². The Morgan fingerprint density at radius 3 is 2.77 bits per heavy atom. The van der Waals surface area contributed by atoms with Crippen LogP contribution in [0.2, 0.25) is 9.36 Å². The third kappa shape index (κ3) is 1.56. The fourth-order valence-corrected chi connectivity index (χ4v) is 3.08. The Labute approximate surface area is 91.1 Å². The predicted octanol–water partition coefficient (Wildman–Crippen LogP) is 4.77. The molecule has 0 atom stereocenters. The number of hydrogen-bond donors (Lipinski definition) is 0. The van der Waals surface area contributed by atoms with E-state index >= 15 is 0 Å². The Bertz CT molecular complexity index is 445. The highest BCUT2D eigenvalue weighted by molar-refractivity contribution is 7.22. The summed E-state index contributed by atoms with van der Waals surface area (Å²) in [7, 11) is 0. The van der Waals surface area contributed by atoms with Crippen LogP contribution in [0.4, 0.5) is 0 Å². The SMILES string of the molecule is CCc1c(Cl)sc2ccc(Cl)cc12. The highest BCUT2D eigenvalue weighted by Crippen LogP contribution is 2.36. The van der Waals surface area contributed by atoms with Crippen LogP contribution in [-0.4, -0.2) is 0 Å². The Hall–Kier alpha value is -0.240. The van der Waals surface area contributed by atoms with Crippen molar-refractivity contribution in [1.29, 1.82) is 0 Å². The van der Waals surface area contributed by atoms with E-state index < -0.39 is 0 Å². The first kappa shape index (κ1) is 9.32. The summed E-state index contributed by atoms with van der Waals surface area (Å²) >= 11 is 13.6. The van der Waals surface area contributed by atoms with Crippen LogP contribution < -0.4 is 0 Å². The standard InChI is InChI=1S/C10H8Cl2S/c1-2-7-8-5-6(11)3-4-9(8)13-10(7)12/h3-5H,2H2,1H3. The molecule has 0 amide bonds. The van der Waals surface area contributed by atoms with Crippen molar-refractivity contribution in [2.75, 3.05) is 0 Å². The summed E-state index contributed by atoms with van der Waals surface area (Å²) in [5.41, 5.74) is 1.21. The zero-order chi connectivity index (χ0) is 9.42. The van der Waals surface area contributed by atoms with Crippen molar-refractivity contribution in [1.82, 2.24) is 0 Å². The van der Waals surface area contributed by atoms with Crippen molar-refractivity contribution < 1.29 is 0 Å². The molecule has 1 heterocycles. The van der Waals surface area contributed by atoms with Crippen LogP contribution in [0.5, 0.6) is 0 Å². The van der Waals surface area contributed by atoms with E-state index in [-0.39, 0.29) is 0 Å². The van der Waals surface area contributed by atoms with E-state index in [0.717, 1.165) is 15.8 Å². The van der Waals surface area contributed by atoms with Crippen molar-refractivity contribution >= 4 is 44.6 Å². The maximum Gasteiger partial charge on any atom is 0.0972 e. The summed E-state index contributed by atoms with van der Waals surface area (Å²) in [5, 5.41) is 1.97. The van der Waals surface area contributed by atoms with E-state index in [0.29, 0.717) is 0 Å². The van der Waals surface area contributed by atoms with Gasteiger partial charge in [0.1, 0.15) is 0 Å². The summed E-state index contributed by atoms with van der Waals surface area (Å²) in [6, 6.07) is 5.90. The van der Waals surface area contributed by atoms with E-state index in [4.69, 9.17) is 23.2 Å². The Balaban J connectivity index is 2.80. The lowest BCUT2D eigenvalue weighted by atomic mass is 10.1. The summed E-state index contributed by atoms with van der Waals surface area (Å²) in [6.45, 7) is 2.11. The average molecular weight is 231 g/mol. The van der Waals surface area contributed by atoms with Crippen LogP contribution >= 0.6 is 34.5 Å². The van der Waals surface area contributed by atoms with Gasteiger partial charge in [-0.05, 0) is 35.6 Å². The minimum absolute atomic E-state index is 0.775. The topological polar surface area (TPSA) is 0 Å². The zero-order valence-electron chi connectivity index (χ0n) is 7.10. The quantitative estimate of drug-likeness (QED) is 0.663. The van der Waals surface area contributed by atoms with Crippen molar-refractivity contribution in [3.63, 3.8) is 0 Å². The summed E-state index contributed by atoms with van der Waals surface area (Å²) in [5.74, 6) is 0. The molecule has 0 aliphatic carbocycles. The van der Waals surface area contributed by atoms with Gasteiger partial charge >= 0.3 is 0 Å². The molecule has 0 nitrogen and oxygen atoms in total. The zero-order valence-corrected chi connectivity index (χ0v) is 9.43. The molecule has 2 rings (SSSR count). The molecule has 68 valence electrons. The molecule has 0 N–H and O–H groups in total. The van der Waals surface area contributed by atoms with Crippen LogP contribution in [0.3, 0.4) is 0 Å². The molecular weight excluding hydrogens is 223 g/mol. The Kier molecular flexibility index (Phi) is 2.50. The number of benzene rings is 1. The number of aryl methyl sites for hydroxylation is 1. The van der Waals surface area contributed by atoms with Crippen LogP contribution in [0.1, 0.15) is 12.5 Å². The van der Waals surface area contributed by atoms with Gasteiger partial charge in [0.2, 0.25) is 0 Å². The molecule has 0 saturated carbocycles. The molecule has 0 aliphatic heterocycles. The molecule has 3 heteroatoms. The maximum atomic E-state index is 6.10. The number of halogens is 2. The summed E-state index contributed by atoms with van der Waals surface area (Å²) < 4.78 is 2.10.